The van der Waals surface area contributed by atoms with Crippen LogP contribution in [0.5, 0.6) is 5.88 Å². The molecule has 0 aliphatic carbocycles. The summed E-state index contributed by atoms with van der Waals surface area (Å²) in [5.74, 6) is -0.876. The normalized spacial score (nSPS) is 12.6. The summed E-state index contributed by atoms with van der Waals surface area (Å²) in [6, 6.07) is 20.9. The first-order valence-electron chi connectivity index (χ1n) is 9.31. The van der Waals surface area contributed by atoms with Gasteiger partial charge < -0.3 is 14.8 Å². The molecule has 2 N–H and O–H groups in total. The number of aromatic amines is 1. The number of aryl methyl sites for hydroxylation is 1. The van der Waals surface area contributed by atoms with E-state index < -0.39 is 17.5 Å². The number of benzene rings is 2. The van der Waals surface area contributed by atoms with Crippen LogP contribution in [0.1, 0.15) is 23.7 Å². The maximum Gasteiger partial charge on any atom is 0.346 e. The number of aliphatic carboxylic acids is 1. The van der Waals surface area contributed by atoms with Gasteiger partial charge in [0, 0.05) is 5.69 Å². The van der Waals surface area contributed by atoms with Crippen molar-refractivity contribution in [3.05, 3.63) is 89.9 Å². The molecule has 0 fully saturated rings. The van der Waals surface area contributed by atoms with Crippen LogP contribution in [0.2, 0.25) is 0 Å². The molecule has 6 heteroatoms. The highest BCUT2D eigenvalue weighted by Gasteiger charge is 2.45. The molecule has 1 atom stereocenters. The molecular weight excluding hydrogens is 366 g/mol. The Balaban J connectivity index is 1.89. The Kier molecular flexibility index (Phi) is 4.76. The molecule has 0 spiro atoms. The molecule has 2 aromatic heterocycles. The number of nitrogens with one attached hydrogen (secondary N) is 1. The quantitative estimate of drug-likeness (QED) is 0.520. The number of ether oxygens (including phenoxy) is 1. The lowest BCUT2D eigenvalue weighted by molar-refractivity contribution is -0.147. The van der Waals surface area contributed by atoms with Gasteiger partial charge in [-0.3, -0.25) is 0 Å². The summed E-state index contributed by atoms with van der Waals surface area (Å²) in [6.45, 7) is 3.71. The molecular formula is C23H21N3O3. The van der Waals surface area contributed by atoms with Crippen LogP contribution in [0.3, 0.4) is 0 Å². The minimum atomic E-state index is -1.22. The Morgan fingerprint density at radius 1 is 1.07 bits per heavy atom. The van der Waals surface area contributed by atoms with Crippen LogP contribution in [-0.4, -0.2) is 32.1 Å². The average Bonchev–Trinajstić information content (AvgIpc) is 3.21. The third kappa shape index (κ3) is 3.33. The van der Waals surface area contributed by atoms with Crippen LogP contribution in [0.15, 0.2) is 73.1 Å². The standard InChI is InChI=1S/C23H21N3O3/c1-15-13-18-19(25-14-24-18)21(26-15)29-20(22(27)28)23(2,16-9-5-3-6-10-16)17-11-7-4-8-12-17/h3-14,20H,1-2H3,(H,24,25)(H,27,28). The number of pyridine rings is 1. The molecule has 4 aromatic rings. The zero-order valence-electron chi connectivity index (χ0n) is 16.2. The second-order valence-corrected chi connectivity index (χ2v) is 7.14. The molecule has 0 aliphatic heterocycles. The molecule has 1 unspecified atom stereocenters. The second kappa shape index (κ2) is 7.39. The predicted octanol–water partition coefficient (Wildman–Crippen LogP) is 4.10. The van der Waals surface area contributed by atoms with Crippen molar-refractivity contribution in [3.8, 4) is 5.88 Å². The van der Waals surface area contributed by atoms with Gasteiger partial charge in [0.2, 0.25) is 12.0 Å². The van der Waals surface area contributed by atoms with Crippen molar-refractivity contribution in [3.63, 3.8) is 0 Å². The zero-order chi connectivity index (χ0) is 20.4. The number of rotatable bonds is 6. The molecule has 4 rings (SSSR count). The number of imidazole rings is 1. The van der Waals surface area contributed by atoms with Crippen LogP contribution < -0.4 is 4.74 Å². The predicted molar refractivity (Wildman–Crippen MR) is 110 cm³/mol. The van der Waals surface area contributed by atoms with Crippen LogP contribution >= 0.6 is 0 Å². The number of carboxylic acid groups (broad SMARTS) is 1. The van der Waals surface area contributed by atoms with Crippen molar-refractivity contribution >= 4 is 17.0 Å². The molecule has 6 nitrogen and oxygen atoms in total. The summed E-state index contributed by atoms with van der Waals surface area (Å²) in [4.78, 5) is 24.2. The van der Waals surface area contributed by atoms with Gasteiger partial charge in [0.15, 0.2) is 5.52 Å². The lowest BCUT2D eigenvalue weighted by Gasteiger charge is -2.36. The minimum Gasteiger partial charge on any atom is -0.478 e. The lowest BCUT2D eigenvalue weighted by atomic mass is 9.72. The monoisotopic (exact) mass is 387 g/mol. The highest BCUT2D eigenvalue weighted by Crippen LogP contribution is 2.38. The van der Waals surface area contributed by atoms with E-state index in [1.54, 1.807) is 6.33 Å². The van der Waals surface area contributed by atoms with E-state index in [4.69, 9.17) is 4.74 Å². The minimum absolute atomic E-state index is 0.201. The van der Waals surface area contributed by atoms with Crippen LogP contribution in [0.25, 0.3) is 11.0 Å². The van der Waals surface area contributed by atoms with Crippen molar-refractivity contribution in [1.29, 1.82) is 0 Å². The van der Waals surface area contributed by atoms with Gasteiger partial charge in [-0.1, -0.05) is 60.7 Å². The van der Waals surface area contributed by atoms with Crippen molar-refractivity contribution in [1.82, 2.24) is 15.0 Å². The van der Waals surface area contributed by atoms with Crippen molar-refractivity contribution in [2.45, 2.75) is 25.4 Å². The Labute approximate surface area is 168 Å². The number of fused-ring (bicyclic) bond motifs is 1. The summed E-state index contributed by atoms with van der Waals surface area (Å²) in [5.41, 5.74) is 2.68. The van der Waals surface area contributed by atoms with E-state index in [1.165, 1.54) is 0 Å². The molecule has 0 radical (unpaired) electrons. The maximum absolute atomic E-state index is 12.5. The molecule has 2 heterocycles. The highest BCUT2D eigenvalue weighted by atomic mass is 16.5. The molecule has 0 bridgehead atoms. The van der Waals surface area contributed by atoms with Gasteiger partial charge in [0.25, 0.3) is 0 Å². The van der Waals surface area contributed by atoms with Crippen LogP contribution in [0, 0.1) is 6.92 Å². The van der Waals surface area contributed by atoms with Crippen molar-refractivity contribution in [2.75, 3.05) is 0 Å². The van der Waals surface area contributed by atoms with Gasteiger partial charge in [-0.2, -0.15) is 0 Å². The van der Waals surface area contributed by atoms with E-state index in [0.29, 0.717) is 11.2 Å². The summed E-state index contributed by atoms with van der Waals surface area (Å²) in [5, 5.41) is 10.2. The molecule has 29 heavy (non-hydrogen) atoms. The molecule has 146 valence electrons. The van der Waals surface area contributed by atoms with E-state index in [1.807, 2.05) is 80.6 Å². The third-order valence-corrected chi connectivity index (χ3v) is 5.23. The topological polar surface area (TPSA) is 88.1 Å². The smallest absolute Gasteiger partial charge is 0.346 e. The Bertz CT molecular complexity index is 1100. The van der Waals surface area contributed by atoms with Gasteiger partial charge in [0.1, 0.15) is 0 Å². The SMILES string of the molecule is Cc1cc2[nH]cnc2c(OC(C(=O)O)C(C)(c2ccccc2)c2ccccc2)n1. The van der Waals surface area contributed by atoms with E-state index >= 15 is 0 Å². The average molecular weight is 387 g/mol. The van der Waals surface area contributed by atoms with Gasteiger partial charge in [0.05, 0.1) is 17.3 Å². The summed E-state index contributed by atoms with van der Waals surface area (Å²) in [7, 11) is 0. The van der Waals surface area contributed by atoms with Gasteiger partial charge in [-0.15, -0.1) is 0 Å². The van der Waals surface area contributed by atoms with E-state index in [-0.39, 0.29) is 5.88 Å². The molecule has 0 saturated carbocycles. The first-order chi connectivity index (χ1) is 14.0. The molecule has 0 aliphatic rings. The lowest BCUT2D eigenvalue weighted by Crippen LogP contribution is -2.47. The molecule has 0 amide bonds. The largest absolute Gasteiger partial charge is 0.478 e. The first-order valence-corrected chi connectivity index (χ1v) is 9.31. The molecule has 0 saturated heterocycles. The zero-order valence-corrected chi connectivity index (χ0v) is 16.2. The number of hydrogen-bond donors (Lipinski definition) is 2. The Hall–Kier alpha value is -3.67. The number of nitrogens with zero attached hydrogens (tertiary/aromatic N) is 2. The summed E-state index contributed by atoms with van der Waals surface area (Å²) < 4.78 is 6.11. The van der Waals surface area contributed by atoms with Gasteiger partial charge in [-0.05, 0) is 31.0 Å². The van der Waals surface area contributed by atoms with Gasteiger partial charge >= 0.3 is 5.97 Å². The fourth-order valence-electron chi connectivity index (χ4n) is 3.69. The fourth-order valence-corrected chi connectivity index (χ4v) is 3.69. The number of H-pyrrole nitrogens is 1. The van der Waals surface area contributed by atoms with Crippen molar-refractivity contribution in [2.24, 2.45) is 0 Å². The number of hydrogen-bond acceptors (Lipinski definition) is 4. The summed E-state index contributed by atoms with van der Waals surface area (Å²) >= 11 is 0. The van der Waals surface area contributed by atoms with Crippen molar-refractivity contribution < 1.29 is 14.6 Å². The number of aromatic nitrogens is 3. The Morgan fingerprint density at radius 3 is 2.21 bits per heavy atom. The molecule has 2 aromatic carbocycles. The maximum atomic E-state index is 12.5. The highest BCUT2D eigenvalue weighted by molar-refractivity contribution is 5.81. The first kappa shape index (κ1) is 18.7. The number of carboxylic acids is 1. The van der Waals surface area contributed by atoms with E-state index in [0.717, 1.165) is 16.6 Å². The van der Waals surface area contributed by atoms with E-state index in [9.17, 15) is 9.90 Å². The fraction of sp³-hybridized carbons (Fsp3) is 0.174. The summed E-state index contributed by atoms with van der Waals surface area (Å²) in [6.07, 6.45) is 0.323. The van der Waals surface area contributed by atoms with Crippen LogP contribution in [0.4, 0.5) is 0 Å². The second-order valence-electron chi connectivity index (χ2n) is 7.14. The van der Waals surface area contributed by atoms with E-state index in [2.05, 4.69) is 15.0 Å². The number of carbonyl (C=O) groups is 1. The van der Waals surface area contributed by atoms with Crippen LogP contribution in [-0.2, 0) is 10.2 Å². The third-order valence-electron chi connectivity index (χ3n) is 5.23. The van der Waals surface area contributed by atoms with Gasteiger partial charge in [-0.25, -0.2) is 14.8 Å². The Morgan fingerprint density at radius 2 is 1.66 bits per heavy atom.